The highest BCUT2D eigenvalue weighted by molar-refractivity contribution is 7.91. The summed E-state index contributed by atoms with van der Waals surface area (Å²) in [4.78, 5) is 11.0. The smallest absolute Gasteiger partial charge is 0.416 e. The van der Waals surface area contributed by atoms with Gasteiger partial charge in [0.25, 0.3) is 0 Å². The standard InChI is InChI=1S/C21H23F3O6S/c1-20(2,3)31(27,28)12-14-11-15(21(22,23)24)6-8-16(14)30-18-9-13(10-19(25)26)5-7-17(18)29-4/h5-9,11H,10,12H2,1-4H3,(H,25,26). The third kappa shape index (κ3) is 6.13. The number of hydrogen-bond acceptors (Lipinski definition) is 5. The van der Waals surface area contributed by atoms with Crippen LogP contribution < -0.4 is 9.47 Å². The molecule has 0 fully saturated rings. The van der Waals surface area contributed by atoms with Crippen LogP contribution in [0.4, 0.5) is 13.2 Å². The van der Waals surface area contributed by atoms with Gasteiger partial charge < -0.3 is 14.6 Å². The molecule has 0 aliphatic rings. The first-order valence-electron chi connectivity index (χ1n) is 9.13. The summed E-state index contributed by atoms with van der Waals surface area (Å²) in [6, 6.07) is 6.93. The highest BCUT2D eigenvalue weighted by Crippen LogP contribution is 2.38. The van der Waals surface area contributed by atoms with Crippen molar-refractivity contribution in [2.24, 2.45) is 0 Å². The molecule has 0 saturated carbocycles. The van der Waals surface area contributed by atoms with Gasteiger partial charge in [0.1, 0.15) is 5.75 Å². The molecule has 2 aromatic carbocycles. The first-order valence-corrected chi connectivity index (χ1v) is 10.8. The van der Waals surface area contributed by atoms with E-state index < -0.39 is 38.0 Å². The van der Waals surface area contributed by atoms with Gasteiger partial charge in [0.05, 0.1) is 29.6 Å². The number of halogens is 3. The van der Waals surface area contributed by atoms with Gasteiger partial charge in [0, 0.05) is 5.56 Å². The number of rotatable bonds is 7. The number of sulfone groups is 1. The fraction of sp³-hybridized carbons (Fsp3) is 0.381. The van der Waals surface area contributed by atoms with Crippen molar-refractivity contribution in [3.63, 3.8) is 0 Å². The fourth-order valence-electron chi connectivity index (χ4n) is 2.59. The lowest BCUT2D eigenvalue weighted by atomic mass is 10.1. The monoisotopic (exact) mass is 460 g/mol. The first-order chi connectivity index (χ1) is 14.1. The normalized spacial score (nSPS) is 12.5. The van der Waals surface area contributed by atoms with Crippen LogP contribution in [0.2, 0.25) is 0 Å². The molecule has 0 saturated heterocycles. The molecule has 31 heavy (non-hydrogen) atoms. The molecule has 2 rings (SSSR count). The maximum atomic E-state index is 13.2. The zero-order chi connectivity index (χ0) is 23.6. The molecule has 10 heteroatoms. The topological polar surface area (TPSA) is 89.9 Å². The van der Waals surface area contributed by atoms with E-state index in [9.17, 15) is 26.4 Å². The van der Waals surface area contributed by atoms with Gasteiger partial charge in [-0.25, -0.2) is 8.42 Å². The second kappa shape index (κ2) is 8.78. The second-order valence-corrected chi connectivity index (χ2v) is 10.6. The van der Waals surface area contributed by atoms with Crippen molar-refractivity contribution in [3.8, 4) is 17.2 Å². The third-order valence-electron chi connectivity index (χ3n) is 4.47. The second-order valence-electron chi connectivity index (χ2n) is 7.85. The lowest BCUT2D eigenvalue weighted by Gasteiger charge is -2.21. The molecule has 0 heterocycles. The van der Waals surface area contributed by atoms with Crippen LogP contribution in [0.5, 0.6) is 17.2 Å². The van der Waals surface area contributed by atoms with E-state index in [1.54, 1.807) is 0 Å². The molecular weight excluding hydrogens is 437 g/mol. The Hall–Kier alpha value is -2.75. The maximum Gasteiger partial charge on any atom is 0.416 e. The zero-order valence-electron chi connectivity index (χ0n) is 17.4. The van der Waals surface area contributed by atoms with Gasteiger partial charge in [-0.1, -0.05) is 6.07 Å². The Balaban J connectivity index is 2.57. The molecule has 0 aliphatic carbocycles. The molecule has 0 aliphatic heterocycles. The Labute approximate surface area is 178 Å². The van der Waals surface area contributed by atoms with Crippen molar-refractivity contribution in [1.29, 1.82) is 0 Å². The molecule has 0 bridgehead atoms. The van der Waals surface area contributed by atoms with Gasteiger partial charge in [-0.2, -0.15) is 13.2 Å². The molecule has 0 amide bonds. The molecular formula is C21H23F3O6S. The highest BCUT2D eigenvalue weighted by Gasteiger charge is 2.34. The number of methoxy groups -OCH3 is 1. The molecule has 1 N–H and O–H groups in total. The van der Waals surface area contributed by atoms with Crippen LogP contribution in [0.3, 0.4) is 0 Å². The summed E-state index contributed by atoms with van der Waals surface area (Å²) in [6.07, 6.45) is -4.98. The molecule has 0 radical (unpaired) electrons. The quantitative estimate of drug-likeness (QED) is 0.636. The van der Waals surface area contributed by atoms with Crippen molar-refractivity contribution in [2.75, 3.05) is 7.11 Å². The van der Waals surface area contributed by atoms with E-state index in [0.29, 0.717) is 5.56 Å². The first kappa shape index (κ1) is 24.5. The number of aliphatic carboxylic acids is 1. The van der Waals surface area contributed by atoms with Gasteiger partial charge in [-0.15, -0.1) is 0 Å². The van der Waals surface area contributed by atoms with Gasteiger partial charge in [0.2, 0.25) is 0 Å². The number of hydrogen-bond donors (Lipinski definition) is 1. The Kier molecular flexibility index (Phi) is 6.94. The van der Waals surface area contributed by atoms with Crippen molar-refractivity contribution < 1.29 is 41.0 Å². The molecule has 170 valence electrons. The molecule has 0 aromatic heterocycles. The lowest BCUT2D eigenvalue weighted by molar-refractivity contribution is -0.138. The Morgan fingerprint density at radius 3 is 2.13 bits per heavy atom. The van der Waals surface area contributed by atoms with Crippen molar-refractivity contribution in [3.05, 3.63) is 53.1 Å². The zero-order valence-corrected chi connectivity index (χ0v) is 18.2. The average molecular weight is 460 g/mol. The third-order valence-corrected chi connectivity index (χ3v) is 7.03. The molecule has 0 unspecified atom stereocenters. The van der Waals surface area contributed by atoms with Gasteiger partial charge in [0.15, 0.2) is 21.3 Å². The van der Waals surface area contributed by atoms with Gasteiger partial charge >= 0.3 is 12.1 Å². The van der Waals surface area contributed by atoms with Crippen molar-refractivity contribution in [2.45, 2.75) is 43.9 Å². The summed E-state index contributed by atoms with van der Waals surface area (Å²) in [7, 11) is -2.48. The fourth-order valence-corrected chi connectivity index (χ4v) is 3.66. The van der Waals surface area contributed by atoms with Crippen LogP contribution in [0.1, 0.15) is 37.5 Å². The minimum absolute atomic E-state index is 0.0513. The van der Waals surface area contributed by atoms with Crippen LogP contribution >= 0.6 is 0 Å². The van der Waals surface area contributed by atoms with E-state index in [1.165, 1.54) is 46.1 Å². The van der Waals surface area contributed by atoms with Crippen molar-refractivity contribution >= 4 is 15.8 Å². The number of carboxylic acids is 1. The number of carbonyl (C=O) groups is 1. The number of carboxylic acid groups (broad SMARTS) is 1. The number of ether oxygens (including phenoxy) is 2. The van der Waals surface area contributed by atoms with E-state index in [1.807, 2.05) is 0 Å². The summed E-state index contributed by atoms with van der Waals surface area (Å²) in [6.45, 7) is 4.36. The average Bonchev–Trinajstić information content (AvgIpc) is 2.61. The van der Waals surface area contributed by atoms with Crippen LogP contribution in [-0.4, -0.2) is 31.4 Å². The predicted molar refractivity (Wildman–Crippen MR) is 108 cm³/mol. The Morgan fingerprint density at radius 1 is 1.00 bits per heavy atom. The molecule has 0 spiro atoms. The predicted octanol–water partition coefficient (Wildman–Crippen LogP) is 4.85. The number of alkyl halides is 3. The van der Waals surface area contributed by atoms with Crippen LogP contribution in [-0.2, 0) is 33.0 Å². The highest BCUT2D eigenvalue weighted by atomic mass is 32.2. The van der Waals surface area contributed by atoms with Crippen LogP contribution in [0, 0.1) is 0 Å². The van der Waals surface area contributed by atoms with E-state index in [2.05, 4.69) is 0 Å². The van der Waals surface area contributed by atoms with Crippen LogP contribution in [0.25, 0.3) is 0 Å². The van der Waals surface area contributed by atoms with E-state index >= 15 is 0 Å². The van der Waals surface area contributed by atoms with E-state index in [0.717, 1.165) is 18.2 Å². The summed E-state index contributed by atoms with van der Waals surface area (Å²) < 4.78 is 74.7. The molecule has 0 atom stereocenters. The largest absolute Gasteiger partial charge is 0.493 e. The lowest BCUT2D eigenvalue weighted by Crippen LogP contribution is -2.29. The Bertz CT molecular complexity index is 1070. The van der Waals surface area contributed by atoms with Crippen LogP contribution in [0.15, 0.2) is 36.4 Å². The summed E-state index contributed by atoms with van der Waals surface area (Å²) in [5.41, 5.74) is -0.805. The van der Waals surface area contributed by atoms with Gasteiger partial charge in [-0.05, 0) is 56.7 Å². The summed E-state index contributed by atoms with van der Waals surface area (Å²) >= 11 is 0. The SMILES string of the molecule is COc1ccc(CC(=O)O)cc1Oc1ccc(C(F)(F)F)cc1CS(=O)(=O)C(C)(C)C. The molecule has 2 aromatic rings. The van der Waals surface area contributed by atoms with Crippen molar-refractivity contribution in [1.82, 2.24) is 0 Å². The molecule has 6 nitrogen and oxygen atoms in total. The van der Waals surface area contributed by atoms with E-state index in [-0.39, 0.29) is 29.2 Å². The minimum atomic E-state index is -4.67. The summed E-state index contributed by atoms with van der Waals surface area (Å²) in [5, 5.41) is 8.98. The summed E-state index contributed by atoms with van der Waals surface area (Å²) in [5.74, 6) is -1.60. The van der Waals surface area contributed by atoms with Gasteiger partial charge in [-0.3, -0.25) is 4.79 Å². The van der Waals surface area contributed by atoms with E-state index in [4.69, 9.17) is 14.6 Å². The minimum Gasteiger partial charge on any atom is -0.493 e. The maximum absolute atomic E-state index is 13.2. The number of benzene rings is 2. The Morgan fingerprint density at radius 2 is 1.61 bits per heavy atom.